The Bertz CT molecular complexity index is 982. The van der Waals surface area contributed by atoms with Gasteiger partial charge >= 0.3 is 6.18 Å². The average molecular weight is 435 g/mol. The number of halogens is 3. The Morgan fingerprint density at radius 2 is 1.45 bits per heavy atom. The van der Waals surface area contributed by atoms with Crippen LogP contribution >= 0.6 is 0 Å². The van der Waals surface area contributed by atoms with E-state index in [2.05, 4.69) is 16.0 Å². The van der Waals surface area contributed by atoms with Crippen molar-refractivity contribution in [2.24, 2.45) is 5.41 Å². The molecule has 0 fully saturated rings. The number of anilines is 2. The fourth-order valence-corrected chi connectivity index (χ4v) is 2.44. The van der Waals surface area contributed by atoms with Crippen molar-refractivity contribution in [1.29, 1.82) is 0 Å². The maximum Gasteiger partial charge on any atom is 0.416 e. The van der Waals surface area contributed by atoms with E-state index in [1.165, 1.54) is 37.3 Å². The number of hydrogen-bond acceptors (Lipinski definition) is 3. The lowest BCUT2D eigenvalue weighted by Gasteiger charge is -2.21. The smallest absolute Gasteiger partial charge is 0.344 e. The summed E-state index contributed by atoms with van der Waals surface area (Å²) in [5.74, 6) is -1.40. The molecule has 0 aliphatic heterocycles. The second kappa shape index (κ2) is 9.20. The Kier molecular flexibility index (Phi) is 7.09. The molecule has 31 heavy (non-hydrogen) atoms. The molecule has 9 heteroatoms. The second-order valence-electron chi connectivity index (χ2n) is 8.05. The summed E-state index contributed by atoms with van der Waals surface area (Å²) in [6.07, 6.45) is -4.52. The van der Waals surface area contributed by atoms with Crippen LogP contribution in [-0.4, -0.2) is 23.8 Å². The predicted octanol–water partition coefficient (Wildman–Crippen LogP) is 4.45. The molecule has 2 rings (SSSR count). The summed E-state index contributed by atoms with van der Waals surface area (Å²) in [5, 5.41) is 7.62. The normalized spacial score (nSPS) is 12.6. The molecule has 0 spiro atoms. The number of nitrogens with one attached hydrogen (secondary N) is 3. The van der Waals surface area contributed by atoms with Gasteiger partial charge in [-0.2, -0.15) is 13.2 Å². The number of benzene rings is 2. The largest absolute Gasteiger partial charge is 0.416 e. The van der Waals surface area contributed by atoms with Crippen molar-refractivity contribution in [3.05, 3.63) is 59.7 Å². The zero-order valence-electron chi connectivity index (χ0n) is 17.6. The van der Waals surface area contributed by atoms with Gasteiger partial charge in [-0.25, -0.2) is 0 Å². The summed E-state index contributed by atoms with van der Waals surface area (Å²) in [6.45, 7) is 6.70. The van der Waals surface area contributed by atoms with Crippen LogP contribution in [0, 0.1) is 5.41 Å². The maximum atomic E-state index is 12.8. The van der Waals surface area contributed by atoms with Gasteiger partial charge in [-0.3, -0.25) is 14.4 Å². The number of carbonyl (C=O) groups is 3. The Morgan fingerprint density at radius 1 is 0.871 bits per heavy atom. The van der Waals surface area contributed by atoms with Gasteiger partial charge in [-0.1, -0.05) is 32.9 Å². The molecule has 0 aromatic heterocycles. The van der Waals surface area contributed by atoms with Gasteiger partial charge in [-0.05, 0) is 43.3 Å². The van der Waals surface area contributed by atoms with Gasteiger partial charge in [0.15, 0.2) is 0 Å². The van der Waals surface area contributed by atoms with Crippen LogP contribution in [0.2, 0.25) is 0 Å². The number of hydrogen-bond donors (Lipinski definition) is 3. The van der Waals surface area contributed by atoms with Gasteiger partial charge in [0.25, 0.3) is 5.91 Å². The van der Waals surface area contributed by atoms with Crippen LogP contribution in [-0.2, 0) is 15.8 Å². The van der Waals surface area contributed by atoms with E-state index >= 15 is 0 Å². The van der Waals surface area contributed by atoms with Crippen LogP contribution in [0.1, 0.15) is 43.6 Å². The van der Waals surface area contributed by atoms with Crippen LogP contribution in [0.4, 0.5) is 24.5 Å². The van der Waals surface area contributed by atoms with E-state index in [4.69, 9.17) is 0 Å². The van der Waals surface area contributed by atoms with Gasteiger partial charge in [0.1, 0.15) is 6.04 Å². The fourth-order valence-electron chi connectivity index (χ4n) is 2.44. The summed E-state index contributed by atoms with van der Waals surface area (Å²) in [6, 6.07) is 9.40. The first-order chi connectivity index (χ1) is 14.3. The van der Waals surface area contributed by atoms with Crippen LogP contribution in [0.15, 0.2) is 48.5 Å². The average Bonchev–Trinajstić information content (AvgIpc) is 2.67. The van der Waals surface area contributed by atoms with Gasteiger partial charge in [0.2, 0.25) is 11.8 Å². The molecule has 0 aliphatic carbocycles. The first-order valence-corrected chi connectivity index (χ1v) is 9.48. The van der Waals surface area contributed by atoms with Gasteiger partial charge < -0.3 is 16.0 Å². The summed E-state index contributed by atoms with van der Waals surface area (Å²) >= 11 is 0. The second-order valence-corrected chi connectivity index (χ2v) is 8.05. The van der Waals surface area contributed by atoms with Gasteiger partial charge in [0, 0.05) is 22.4 Å². The summed E-state index contributed by atoms with van der Waals surface area (Å²) in [7, 11) is 0. The third-order valence-electron chi connectivity index (χ3n) is 4.26. The minimum absolute atomic E-state index is 0.00669. The molecule has 0 unspecified atom stereocenters. The topological polar surface area (TPSA) is 87.3 Å². The minimum atomic E-state index is -4.52. The Labute approximate surface area is 178 Å². The van der Waals surface area contributed by atoms with Crippen molar-refractivity contribution >= 4 is 29.1 Å². The monoisotopic (exact) mass is 435 g/mol. The number of carbonyl (C=O) groups excluding carboxylic acids is 3. The van der Waals surface area contributed by atoms with E-state index in [0.29, 0.717) is 5.69 Å². The third-order valence-corrected chi connectivity index (χ3v) is 4.26. The van der Waals surface area contributed by atoms with E-state index in [1.54, 1.807) is 26.8 Å². The van der Waals surface area contributed by atoms with E-state index in [-0.39, 0.29) is 17.2 Å². The quantitative estimate of drug-likeness (QED) is 0.649. The van der Waals surface area contributed by atoms with Gasteiger partial charge in [0.05, 0.1) is 5.56 Å². The first kappa shape index (κ1) is 23.9. The van der Waals surface area contributed by atoms with E-state index in [9.17, 15) is 27.6 Å². The molecule has 3 amide bonds. The molecule has 0 aliphatic rings. The lowest BCUT2D eigenvalue weighted by atomic mass is 9.95. The molecule has 6 nitrogen and oxygen atoms in total. The predicted molar refractivity (Wildman–Crippen MR) is 112 cm³/mol. The minimum Gasteiger partial charge on any atom is -0.344 e. The molecule has 2 aromatic carbocycles. The van der Waals surface area contributed by atoms with Crippen molar-refractivity contribution in [3.63, 3.8) is 0 Å². The Morgan fingerprint density at radius 3 is 2.03 bits per heavy atom. The summed E-state index contributed by atoms with van der Waals surface area (Å²) in [4.78, 5) is 36.8. The maximum absolute atomic E-state index is 12.8. The molecule has 0 bridgehead atoms. The van der Waals surface area contributed by atoms with Crippen LogP contribution in [0.5, 0.6) is 0 Å². The number of rotatable bonds is 5. The molecule has 3 N–H and O–H groups in total. The molecule has 166 valence electrons. The van der Waals surface area contributed by atoms with Crippen LogP contribution in [0.3, 0.4) is 0 Å². The van der Waals surface area contributed by atoms with Crippen molar-refractivity contribution < 1.29 is 27.6 Å². The lowest BCUT2D eigenvalue weighted by Crippen LogP contribution is -2.46. The van der Waals surface area contributed by atoms with E-state index in [1.807, 2.05) is 0 Å². The molecule has 1 atom stereocenters. The zero-order chi connectivity index (χ0) is 23.4. The third kappa shape index (κ3) is 6.84. The number of amides is 3. The molecule has 2 aromatic rings. The van der Waals surface area contributed by atoms with Crippen LogP contribution in [0.25, 0.3) is 0 Å². The van der Waals surface area contributed by atoms with Crippen molar-refractivity contribution in [2.45, 2.75) is 39.9 Å². The first-order valence-electron chi connectivity index (χ1n) is 9.48. The molecular formula is C22H24F3N3O3. The van der Waals surface area contributed by atoms with E-state index < -0.39 is 35.0 Å². The molecular weight excluding hydrogens is 411 g/mol. The molecule has 0 heterocycles. The van der Waals surface area contributed by atoms with E-state index in [0.717, 1.165) is 12.1 Å². The highest BCUT2D eigenvalue weighted by atomic mass is 19.4. The van der Waals surface area contributed by atoms with Gasteiger partial charge in [-0.15, -0.1) is 0 Å². The van der Waals surface area contributed by atoms with Crippen molar-refractivity contribution in [3.8, 4) is 0 Å². The summed E-state index contributed by atoms with van der Waals surface area (Å²) in [5.41, 5.74) is -1.10. The Hall–Kier alpha value is -3.36. The van der Waals surface area contributed by atoms with Crippen molar-refractivity contribution in [2.75, 3.05) is 10.6 Å². The fraction of sp³-hybridized carbons (Fsp3) is 0.318. The molecule has 0 radical (unpaired) electrons. The highest BCUT2D eigenvalue weighted by Crippen LogP contribution is 2.30. The zero-order valence-corrected chi connectivity index (χ0v) is 17.6. The molecule has 0 saturated heterocycles. The van der Waals surface area contributed by atoms with Crippen LogP contribution < -0.4 is 16.0 Å². The highest BCUT2D eigenvalue weighted by Gasteiger charge is 2.30. The molecule has 0 saturated carbocycles. The lowest BCUT2D eigenvalue weighted by molar-refractivity contribution is -0.137. The standard InChI is InChI=1S/C22H24F3N3O3/c1-13(26-20(31)21(2,3)4)18(29)27-16-9-5-7-14(11-16)19(30)28-17-10-6-8-15(12-17)22(23,24)25/h5-13H,1-4H3,(H,26,31)(H,27,29)(H,28,30)/t13-/m1/s1. The van der Waals surface area contributed by atoms with Crippen molar-refractivity contribution in [1.82, 2.24) is 5.32 Å². The number of alkyl halides is 3. The highest BCUT2D eigenvalue weighted by molar-refractivity contribution is 6.05. The SMILES string of the molecule is C[C@@H](NC(=O)C(C)(C)C)C(=O)Nc1cccc(C(=O)Nc2cccc(C(F)(F)F)c2)c1. The summed E-state index contributed by atoms with van der Waals surface area (Å²) < 4.78 is 38.5. The Balaban J connectivity index is 2.07.